The molecule has 3 aliphatic rings. The number of piperidine rings is 1. The van der Waals surface area contributed by atoms with Crippen LogP contribution in [0.5, 0.6) is 0 Å². The first-order valence-corrected chi connectivity index (χ1v) is 4.58. The molecule has 0 aromatic carbocycles. The molecule has 2 heterocycles. The van der Waals surface area contributed by atoms with Crippen LogP contribution in [-0.4, -0.2) is 23.5 Å². The fraction of sp³-hybridized carbons (Fsp3) is 1.00. The van der Waals surface area contributed by atoms with Crippen LogP contribution >= 0.6 is 0 Å². The standard InChI is InChI=1S/C9H15N/c1-7-8-2-5-10(6-8)9(7)3-4-9/h7-8H,2-6H2,1H3. The summed E-state index contributed by atoms with van der Waals surface area (Å²) in [6.45, 7) is 5.31. The van der Waals surface area contributed by atoms with Crippen molar-refractivity contribution in [2.45, 2.75) is 31.7 Å². The Labute approximate surface area is 62.4 Å². The molecule has 1 nitrogen and oxygen atoms in total. The van der Waals surface area contributed by atoms with Gasteiger partial charge in [0, 0.05) is 12.1 Å². The van der Waals surface area contributed by atoms with Gasteiger partial charge in [0.1, 0.15) is 0 Å². The number of rotatable bonds is 0. The van der Waals surface area contributed by atoms with Crippen LogP contribution < -0.4 is 0 Å². The lowest BCUT2D eigenvalue weighted by Gasteiger charge is -2.29. The topological polar surface area (TPSA) is 3.24 Å². The first-order valence-electron chi connectivity index (χ1n) is 4.58. The summed E-state index contributed by atoms with van der Waals surface area (Å²) >= 11 is 0. The molecule has 1 saturated carbocycles. The molecular formula is C9H15N. The van der Waals surface area contributed by atoms with Gasteiger partial charge in [-0.2, -0.15) is 0 Å². The van der Waals surface area contributed by atoms with E-state index in [2.05, 4.69) is 11.8 Å². The molecule has 3 atom stereocenters. The van der Waals surface area contributed by atoms with E-state index in [1.807, 2.05) is 0 Å². The predicted octanol–water partition coefficient (Wildman–Crippen LogP) is 1.49. The number of nitrogens with zero attached hydrogens (tertiary/aromatic N) is 1. The maximum absolute atomic E-state index is 2.75. The van der Waals surface area contributed by atoms with Gasteiger partial charge >= 0.3 is 0 Å². The summed E-state index contributed by atoms with van der Waals surface area (Å²) in [6, 6.07) is 0. The van der Waals surface area contributed by atoms with Gasteiger partial charge in [0.2, 0.25) is 0 Å². The molecule has 0 N–H and O–H groups in total. The SMILES string of the molecule is CC1C2CCN(C2)C12CC2. The molecule has 2 aliphatic heterocycles. The summed E-state index contributed by atoms with van der Waals surface area (Å²) in [5.74, 6) is 2.10. The normalized spacial score (nSPS) is 54.3. The molecule has 2 saturated heterocycles. The van der Waals surface area contributed by atoms with Gasteiger partial charge in [-0.05, 0) is 37.6 Å². The van der Waals surface area contributed by atoms with Gasteiger partial charge in [-0.1, -0.05) is 6.92 Å². The molecular weight excluding hydrogens is 122 g/mol. The third kappa shape index (κ3) is 0.430. The first-order chi connectivity index (χ1) is 4.83. The summed E-state index contributed by atoms with van der Waals surface area (Å²) in [5, 5.41) is 0. The van der Waals surface area contributed by atoms with Gasteiger partial charge in [-0.3, -0.25) is 4.90 Å². The van der Waals surface area contributed by atoms with Crippen LogP contribution in [0.2, 0.25) is 0 Å². The highest BCUT2D eigenvalue weighted by atomic mass is 15.3. The maximum Gasteiger partial charge on any atom is 0.0239 e. The van der Waals surface area contributed by atoms with Crippen LogP contribution in [0.3, 0.4) is 0 Å². The van der Waals surface area contributed by atoms with Gasteiger partial charge in [0.25, 0.3) is 0 Å². The molecule has 3 fully saturated rings. The average Bonchev–Trinajstić information content (AvgIpc) is 2.51. The summed E-state index contributed by atoms with van der Waals surface area (Å²) in [4.78, 5) is 2.75. The van der Waals surface area contributed by atoms with E-state index in [1.165, 1.54) is 32.4 Å². The molecule has 1 aliphatic carbocycles. The van der Waals surface area contributed by atoms with Crippen molar-refractivity contribution in [2.75, 3.05) is 13.1 Å². The second-order valence-corrected chi connectivity index (χ2v) is 4.39. The van der Waals surface area contributed by atoms with E-state index in [0.717, 1.165) is 17.4 Å². The minimum Gasteiger partial charge on any atom is -0.297 e. The van der Waals surface area contributed by atoms with E-state index < -0.39 is 0 Å². The van der Waals surface area contributed by atoms with Gasteiger partial charge in [0.15, 0.2) is 0 Å². The lowest BCUT2D eigenvalue weighted by Crippen LogP contribution is -2.36. The fourth-order valence-corrected chi connectivity index (χ4v) is 3.23. The number of fused-ring (bicyclic) bond motifs is 3. The van der Waals surface area contributed by atoms with Crippen molar-refractivity contribution < 1.29 is 0 Å². The Morgan fingerprint density at radius 1 is 1.40 bits per heavy atom. The lowest BCUT2D eigenvalue weighted by molar-refractivity contribution is 0.187. The Bertz CT molecular complexity index is 168. The van der Waals surface area contributed by atoms with Crippen molar-refractivity contribution in [3.63, 3.8) is 0 Å². The quantitative estimate of drug-likeness (QED) is 0.489. The molecule has 3 unspecified atom stereocenters. The molecule has 0 amide bonds. The zero-order valence-electron chi connectivity index (χ0n) is 6.64. The highest BCUT2D eigenvalue weighted by molar-refractivity contribution is 5.16. The van der Waals surface area contributed by atoms with E-state index in [4.69, 9.17) is 0 Å². The lowest BCUT2D eigenvalue weighted by atomic mass is 9.87. The minimum absolute atomic E-state index is 0.753. The molecule has 0 aromatic heterocycles. The van der Waals surface area contributed by atoms with Crippen molar-refractivity contribution in [1.29, 1.82) is 0 Å². The van der Waals surface area contributed by atoms with E-state index in [1.54, 1.807) is 0 Å². The van der Waals surface area contributed by atoms with E-state index >= 15 is 0 Å². The molecule has 10 heavy (non-hydrogen) atoms. The van der Waals surface area contributed by atoms with Crippen LogP contribution in [0.25, 0.3) is 0 Å². The fourth-order valence-electron chi connectivity index (χ4n) is 3.23. The van der Waals surface area contributed by atoms with Crippen LogP contribution in [-0.2, 0) is 0 Å². The molecule has 0 aromatic rings. The second-order valence-electron chi connectivity index (χ2n) is 4.39. The van der Waals surface area contributed by atoms with Crippen molar-refractivity contribution in [3.8, 4) is 0 Å². The highest BCUT2D eigenvalue weighted by Crippen LogP contribution is 2.58. The van der Waals surface area contributed by atoms with Crippen molar-refractivity contribution in [3.05, 3.63) is 0 Å². The smallest absolute Gasteiger partial charge is 0.0239 e. The second kappa shape index (κ2) is 1.42. The summed E-state index contributed by atoms with van der Waals surface area (Å²) < 4.78 is 0. The maximum atomic E-state index is 2.75. The van der Waals surface area contributed by atoms with Crippen molar-refractivity contribution in [2.24, 2.45) is 11.8 Å². The largest absolute Gasteiger partial charge is 0.297 e. The first kappa shape index (κ1) is 5.59. The Balaban J connectivity index is 1.99. The minimum atomic E-state index is 0.753. The molecule has 1 heteroatoms. The van der Waals surface area contributed by atoms with Gasteiger partial charge < -0.3 is 0 Å². The Hall–Kier alpha value is -0.0400. The number of hydrogen-bond acceptors (Lipinski definition) is 1. The summed E-state index contributed by atoms with van der Waals surface area (Å²) in [5.41, 5.74) is 0.753. The molecule has 0 radical (unpaired) electrons. The van der Waals surface area contributed by atoms with E-state index in [0.29, 0.717) is 0 Å². The number of hydrogen-bond donors (Lipinski definition) is 0. The molecule has 3 rings (SSSR count). The molecule has 56 valence electrons. The van der Waals surface area contributed by atoms with Crippen LogP contribution in [0, 0.1) is 11.8 Å². The van der Waals surface area contributed by atoms with Crippen LogP contribution in [0.15, 0.2) is 0 Å². The third-order valence-electron chi connectivity index (χ3n) is 4.17. The van der Waals surface area contributed by atoms with Gasteiger partial charge in [0.05, 0.1) is 0 Å². The highest BCUT2D eigenvalue weighted by Gasteiger charge is 2.61. The third-order valence-corrected chi connectivity index (χ3v) is 4.17. The van der Waals surface area contributed by atoms with Crippen LogP contribution in [0.4, 0.5) is 0 Å². The average molecular weight is 137 g/mol. The zero-order valence-corrected chi connectivity index (χ0v) is 6.64. The van der Waals surface area contributed by atoms with Crippen LogP contribution in [0.1, 0.15) is 26.2 Å². The zero-order chi connectivity index (χ0) is 6.77. The molecule has 2 bridgehead atoms. The monoisotopic (exact) mass is 137 g/mol. The van der Waals surface area contributed by atoms with Gasteiger partial charge in [-0.25, -0.2) is 0 Å². The molecule has 1 spiro atoms. The predicted molar refractivity (Wildman–Crippen MR) is 40.8 cm³/mol. The van der Waals surface area contributed by atoms with Gasteiger partial charge in [-0.15, -0.1) is 0 Å². The Morgan fingerprint density at radius 3 is 2.60 bits per heavy atom. The summed E-state index contributed by atoms with van der Waals surface area (Å²) in [7, 11) is 0. The van der Waals surface area contributed by atoms with Crippen molar-refractivity contribution >= 4 is 0 Å². The Morgan fingerprint density at radius 2 is 2.20 bits per heavy atom. The van der Waals surface area contributed by atoms with Crippen molar-refractivity contribution in [1.82, 2.24) is 4.90 Å². The van der Waals surface area contributed by atoms with E-state index in [-0.39, 0.29) is 0 Å². The summed E-state index contributed by atoms with van der Waals surface area (Å²) in [6.07, 6.45) is 4.50. The Kier molecular flexibility index (Phi) is 0.797. The van der Waals surface area contributed by atoms with E-state index in [9.17, 15) is 0 Å².